The van der Waals surface area contributed by atoms with Gasteiger partial charge in [-0.15, -0.1) is 0 Å². The second kappa shape index (κ2) is 7.12. The second-order valence-corrected chi connectivity index (χ2v) is 8.28. The van der Waals surface area contributed by atoms with E-state index in [4.69, 9.17) is 4.74 Å². The normalized spacial score (nSPS) is 34.1. The number of benzene rings is 1. The number of ether oxygens (including phenoxy) is 1. The Kier molecular flexibility index (Phi) is 4.92. The van der Waals surface area contributed by atoms with Crippen molar-refractivity contribution in [1.29, 1.82) is 0 Å². The molecule has 1 spiro atoms. The summed E-state index contributed by atoms with van der Waals surface area (Å²) in [5.74, 6) is -1.17. The lowest BCUT2D eigenvalue weighted by atomic mass is 9.81. The van der Waals surface area contributed by atoms with Crippen LogP contribution in [0.15, 0.2) is 42.5 Å². The molecular weight excluding hydrogens is 357 g/mol. The lowest BCUT2D eigenvalue weighted by Crippen LogP contribution is -2.43. The fraction of sp³-hybridized carbons (Fsp3) is 0.522. The number of hydrogen-bond acceptors (Lipinski definition) is 4. The van der Waals surface area contributed by atoms with Crippen LogP contribution in [0.4, 0.5) is 4.39 Å². The average Bonchev–Trinajstić information content (AvgIpc) is 3.25. The molecule has 0 saturated carbocycles. The molecule has 150 valence electrons. The molecule has 0 bridgehead atoms. The average molecular weight is 385 g/mol. The van der Waals surface area contributed by atoms with Gasteiger partial charge in [0.05, 0.1) is 19.1 Å². The van der Waals surface area contributed by atoms with Gasteiger partial charge in [-0.2, -0.15) is 0 Å². The topological polar surface area (TPSA) is 49.8 Å². The van der Waals surface area contributed by atoms with Crippen LogP contribution in [0, 0.1) is 5.92 Å². The van der Waals surface area contributed by atoms with Gasteiger partial charge in [0.15, 0.2) is 0 Å². The summed E-state index contributed by atoms with van der Waals surface area (Å²) in [6.07, 6.45) is 8.56. The largest absolute Gasteiger partial charge is 0.496 e. The molecule has 0 radical (unpaired) electrons. The zero-order chi connectivity index (χ0) is 19.9. The minimum absolute atomic E-state index is 0.134. The van der Waals surface area contributed by atoms with Crippen molar-refractivity contribution >= 4 is 5.78 Å². The summed E-state index contributed by atoms with van der Waals surface area (Å²) in [7, 11) is 1.61. The van der Waals surface area contributed by atoms with Crippen LogP contribution in [-0.2, 0) is 10.2 Å². The van der Waals surface area contributed by atoms with Gasteiger partial charge in [-0.1, -0.05) is 31.2 Å². The van der Waals surface area contributed by atoms with Crippen LogP contribution >= 0.6 is 0 Å². The van der Waals surface area contributed by atoms with Crippen molar-refractivity contribution < 1.29 is 19.0 Å². The van der Waals surface area contributed by atoms with E-state index in [9.17, 15) is 9.90 Å². The monoisotopic (exact) mass is 385 g/mol. The van der Waals surface area contributed by atoms with Crippen LogP contribution < -0.4 is 4.74 Å². The summed E-state index contributed by atoms with van der Waals surface area (Å²) in [6, 6.07) is 5.84. The Morgan fingerprint density at radius 1 is 1.36 bits per heavy atom. The molecule has 0 amide bonds. The molecular formula is C23H28FNO3. The second-order valence-electron chi connectivity index (χ2n) is 8.28. The van der Waals surface area contributed by atoms with Gasteiger partial charge >= 0.3 is 0 Å². The summed E-state index contributed by atoms with van der Waals surface area (Å²) in [5, 5.41) is 10.7. The number of aliphatic hydroxyl groups is 1. The highest BCUT2D eigenvalue weighted by Gasteiger charge is 2.52. The lowest BCUT2D eigenvalue weighted by molar-refractivity contribution is -0.120. The molecule has 1 N–H and O–H groups in total. The van der Waals surface area contributed by atoms with E-state index in [2.05, 4.69) is 0 Å². The molecule has 0 aromatic heterocycles. The summed E-state index contributed by atoms with van der Waals surface area (Å²) in [4.78, 5) is 13.9. The first-order valence-electron chi connectivity index (χ1n) is 10.1. The summed E-state index contributed by atoms with van der Waals surface area (Å²) >= 11 is 0. The Hall–Kier alpha value is -1.98. The number of alkyl halides is 1. The molecule has 2 aliphatic carbocycles. The number of Topliss-reactive ketones (excluding diaryl/α,β-unsaturated/α-hetero) is 1. The van der Waals surface area contributed by atoms with Crippen molar-refractivity contribution in [2.75, 3.05) is 20.2 Å². The van der Waals surface area contributed by atoms with Crippen LogP contribution in [0.5, 0.6) is 5.75 Å². The summed E-state index contributed by atoms with van der Waals surface area (Å²) in [6.45, 7) is 3.10. The molecule has 4 nitrogen and oxygen atoms in total. The summed E-state index contributed by atoms with van der Waals surface area (Å²) in [5.41, 5.74) is 1.66. The molecule has 28 heavy (non-hydrogen) atoms. The highest BCUT2D eigenvalue weighted by molar-refractivity contribution is 5.84. The number of allylic oxidation sites excluding steroid dienone is 2. The quantitative estimate of drug-likeness (QED) is 0.618. The number of carbonyl (C=O) groups is 1. The maximum absolute atomic E-state index is 15.7. The first-order valence-corrected chi connectivity index (χ1v) is 10.1. The van der Waals surface area contributed by atoms with Crippen molar-refractivity contribution in [3.8, 4) is 5.75 Å². The Labute approximate surface area is 165 Å². The van der Waals surface area contributed by atoms with Gasteiger partial charge in [-0.25, -0.2) is 4.39 Å². The molecule has 4 rings (SSSR count). The van der Waals surface area contributed by atoms with Gasteiger partial charge in [-0.05, 0) is 43.0 Å². The number of methoxy groups -OCH3 is 1. The predicted octanol–water partition coefficient (Wildman–Crippen LogP) is 3.85. The molecule has 3 aliphatic rings. The van der Waals surface area contributed by atoms with E-state index in [1.54, 1.807) is 19.3 Å². The van der Waals surface area contributed by atoms with Gasteiger partial charge in [0.2, 0.25) is 5.79 Å². The van der Waals surface area contributed by atoms with E-state index in [0.29, 0.717) is 31.7 Å². The molecule has 5 heteroatoms. The van der Waals surface area contributed by atoms with Crippen molar-refractivity contribution in [3.05, 3.63) is 53.6 Å². The standard InChI is InChI=1S/C23H28FNO3/c1-3-5-18(26)16-8-10-23(24,11-9-16)25-13-12-22(15-25)14-19(27)21-17(22)6-4-7-20(21)28-2/h4,6-11,16,19,27H,3,5,12-15H2,1-2H3. The first-order chi connectivity index (χ1) is 13.4. The smallest absolute Gasteiger partial charge is 0.201 e. The van der Waals surface area contributed by atoms with E-state index in [1.165, 1.54) is 12.2 Å². The number of rotatable bonds is 5. The van der Waals surface area contributed by atoms with Crippen molar-refractivity contribution in [1.82, 2.24) is 4.90 Å². The van der Waals surface area contributed by atoms with E-state index in [1.807, 2.05) is 30.0 Å². The van der Waals surface area contributed by atoms with Crippen molar-refractivity contribution in [2.24, 2.45) is 5.92 Å². The maximum Gasteiger partial charge on any atom is 0.201 e. The third-order valence-corrected chi connectivity index (χ3v) is 6.56. The maximum atomic E-state index is 15.7. The molecule has 1 aliphatic heterocycles. The fourth-order valence-electron chi connectivity index (χ4n) is 5.10. The summed E-state index contributed by atoms with van der Waals surface area (Å²) < 4.78 is 21.2. The zero-order valence-corrected chi connectivity index (χ0v) is 16.5. The van der Waals surface area contributed by atoms with Gasteiger partial charge < -0.3 is 9.84 Å². The minimum atomic E-state index is -1.68. The highest BCUT2D eigenvalue weighted by Crippen LogP contribution is 2.54. The van der Waals surface area contributed by atoms with E-state index < -0.39 is 11.9 Å². The van der Waals surface area contributed by atoms with Crippen LogP contribution in [0.2, 0.25) is 0 Å². The molecule has 1 aromatic carbocycles. The fourth-order valence-corrected chi connectivity index (χ4v) is 5.10. The van der Waals surface area contributed by atoms with Crippen LogP contribution in [-0.4, -0.2) is 41.8 Å². The third-order valence-electron chi connectivity index (χ3n) is 6.56. The number of fused-ring (bicyclic) bond motifs is 2. The number of hydrogen-bond donors (Lipinski definition) is 1. The molecule has 1 heterocycles. The van der Waals surface area contributed by atoms with Gasteiger partial charge in [0, 0.05) is 30.5 Å². The van der Waals surface area contributed by atoms with Crippen LogP contribution in [0.3, 0.4) is 0 Å². The Bertz CT molecular complexity index is 819. The number of likely N-dealkylation sites (tertiary alicyclic amines) is 1. The molecule has 1 aromatic rings. The zero-order valence-electron chi connectivity index (χ0n) is 16.5. The number of halogens is 1. The highest BCUT2D eigenvalue weighted by atomic mass is 19.1. The molecule has 2 atom stereocenters. The minimum Gasteiger partial charge on any atom is -0.496 e. The van der Waals surface area contributed by atoms with E-state index in [-0.39, 0.29) is 17.1 Å². The Morgan fingerprint density at radius 3 is 2.79 bits per heavy atom. The predicted molar refractivity (Wildman–Crippen MR) is 106 cm³/mol. The SMILES string of the molecule is CCCC(=O)C1C=CC(F)(N2CCC3(CC(O)c4c(OC)cccc43)C2)C=C1. The van der Waals surface area contributed by atoms with Crippen molar-refractivity contribution in [2.45, 2.75) is 49.9 Å². The number of carbonyl (C=O) groups excluding carboxylic acids is 1. The molecule has 2 unspecified atom stereocenters. The van der Waals surface area contributed by atoms with E-state index in [0.717, 1.165) is 24.0 Å². The molecule has 1 fully saturated rings. The van der Waals surface area contributed by atoms with Crippen molar-refractivity contribution in [3.63, 3.8) is 0 Å². The lowest BCUT2D eigenvalue weighted by Gasteiger charge is -2.34. The van der Waals surface area contributed by atoms with Crippen LogP contribution in [0.1, 0.15) is 49.8 Å². The number of aliphatic hydroxyl groups excluding tert-OH is 1. The van der Waals surface area contributed by atoms with Gasteiger partial charge in [0.1, 0.15) is 11.5 Å². The van der Waals surface area contributed by atoms with Gasteiger partial charge in [-0.3, -0.25) is 9.69 Å². The number of nitrogens with zero attached hydrogens (tertiary/aromatic N) is 1. The Balaban J connectivity index is 1.56. The first kappa shape index (κ1) is 19.3. The number of ketones is 1. The van der Waals surface area contributed by atoms with Crippen LogP contribution in [0.25, 0.3) is 0 Å². The van der Waals surface area contributed by atoms with E-state index >= 15 is 4.39 Å². The third kappa shape index (κ3) is 3.01. The van der Waals surface area contributed by atoms with Gasteiger partial charge in [0.25, 0.3) is 0 Å². The molecule has 1 saturated heterocycles. The Morgan fingerprint density at radius 2 is 2.11 bits per heavy atom.